The number of rotatable bonds is 12. The molecule has 44 heavy (non-hydrogen) atoms. The second-order valence-electron chi connectivity index (χ2n) is 10.8. The number of aliphatic hydroxyl groups is 2. The van der Waals surface area contributed by atoms with Crippen LogP contribution < -0.4 is 15.6 Å². The van der Waals surface area contributed by atoms with Gasteiger partial charge in [-0.1, -0.05) is 11.4 Å². The zero-order valence-electron chi connectivity index (χ0n) is 25.2. The number of nitrogens with zero attached hydrogens (tertiary/aromatic N) is 6. The number of methoxy groups -OCH3 is 1. The molecule has 0 radical (unpaired) electrons. The number of hydrogen-bond acceptors (Lipinski definition) is 15. The van der Waals surface area contributed by atoms with Crippen molar-refractivity contribution in [3.63, 3.8) is 0 Å². The zero-order valence-corrected chi connectivity index (χ0v) is 26.9. The Labute approximate surface area is 256 Å². The number of nitrogen functional groups attached to an aromatic ring is 1. The van der Waals surface area contributed by atoms with Crippen LogP contribution in [0.15, 0.2) is 6.33 Å². The lowest BCUT2D eigenvalue weighted by Gasteiger charge is -2.27. The molecular formula is C24H37N8O10PS. The van der Waals surface area contributed by atoms with Gasteiger partial charge in [-0.15, -0.1) is 0 Å². The minimum atomic E-state index is -4.06. The lowest BCUT2D eigenvalue weighted by Crippen LogP contribution is -2.44. The number of ether oxygens (including phenoxy) is 3. The first-order chi connectivity index (χ1) is 20.5. The Bertz CT molecular complexity index is 1470. The third-order valence-electron chi connectivity index (χ3n) is 7.15. The van der Waals surface area contributed by atoms with Crippen molar-refractivity contribution in [3.8, 4) is 5.88 Å². The standard InChI is InChI=1S/C24H37N8O10PS/c1-11(2)41-20(35)12(3)29-43(38,44-9-13-19(34)31(6)23(36)30(13)5)40-8-14-16(33)24(4,37)21(42-14)32-10-26-15-17(32)27-22(25)28-18(15)39-7/h10-14,16,21,33,37H,8-9H2,1-7H3,(H,29,38)(H2,25,27,28)/t12?,13?,14?,16-,21-,24-,43?/m1/s1. The van der Waals surface area contributed by atoms with Gasteiger partial charge < -0.3 is 39.6 Å². The van der Waals surface area contributed by atoms with Crippen molar-refractivity contribution in [2.75, 3.05) is 39.3 Å². The predicted molar refractivity (Wildman–Crippen MR) is 156 cm³/mol. The van der Waals surface area contributed by atoms with E-state index in [-0.39, 0.29) is 28.7 Å². The Morgan fingerprint density at radius 3 is 2.57 bits per heavy atom. The maximum atomic E-state index is 14.1. The number of nitrogens with two attached hydrogens (primary N) is 1. The van der Waals surface area contributed by atoms with E-state index in [2.05, 4.69) is 20.0 Å². The summed E-state index contributed by atoms with van der Waals surface area (Å²) in [5, 5.41) is 25.0. The summed E-state index contributed by atoms with van der Waals surface area (Å²) in [6.45, 7) is 1.50. The summed E-state index contributed by atoms with van der Waals surface area (Å²) in [5.74, 6) is -1.36. The number of nitrogens with one attached hydrogen (secondary N) is 1. The minimum Gasteiger partial charge on any atom is -0.479 e. The van der Waals surface area contributed by atoms with Crippen LogP contribution in [0, 0.1) is 0 Å². The number of aliphatic hydroxyl groups excluding tert-OH is 1. The van der Waals surface area contributed by atoms with Gasteiger partial charge in [0.2, 0.25) is 11.8 Å². The number of imide groups is 1. The van der Waals surface area contributed by atoms with E-state index in [0.29, 0.717) is 11.4 Å². The molecule has 0 aromatic carbocycles. The van der Waals surface area contributed by atoms with Gasteiger partial charge in [-0.3, -0.25) is 23.6 Å². The number of hydrogen-bond donors (Lipinski definition) is 4. The number of fused-ring (bicyclic) bond motifs is 1. The fourth-order valence-corrected chi connectivity index (χ4v) is 8.68. The fourth-order valence-electron chi connectivity index (χ4n) is 4.71. The second kappa shape index (κ2) is 12.7. The highest BCUT2D eigenvalue weighted by atomic mass is 32.7. The normalized spacial score (nSPS) is 27.8. The number of esters is 1. The van der Waals surface area contributed by atoms with Gasteiger partial charge in [-0.05, 0) is 27.7 Å². The molecule has 3 amide bonds. The molecule has 2 aromatic rings. The molecule has 7 atom stereocenters. The Morgan fingerprint density at radius 1 is 1.30 bits per heavy atom. The van der Waals surface area contributed by atoms with E-state index in [1.54, 1.807) is 13.8 Å². The van der Waals surface area contributed by atoms with E-state index in [1.165, 1.54) is 50.8 Å². The highest BCUT2D eigenvalue weighted by Gasteiger charge is 2.54. The molecule has 2 fully saturated rings. The molecule has 4 heterocycles. The van der Waals surface area contributed by atoms with Gasteiger partial charge in [0.05, 0.1) is 26.1 Å². The highest BCUT2D eigenvalue weighted by Crippen LogP contribution is 2.57. The molecule has 4 unspecified atom stereocenters. The van der Waals surface area contributed by atoms with Crippen LogP contribution in [0.3, 0.4) is 0 Å². The number of carbonyl (C=O) groups excluding carboxylic acids is 3. The quantitative estimate of drug-likeness (QED) is 0.134. The molecule has 18 nitrogen and oxygen atoms in total. The van der Waals surface area contributed by atoms with Crippen molar-refractivity contribution in [2.45, 2.75) is 69.9 Å². The van der Waals surface area contributed by atoms with Crippen LogP contribution in [0.5, 0.6) is 5.88 Å². The minimum absolute atomic E-state index is 0.0951. The van der Waals surface area contributed by atoms with Gasteiger partial charge in [0.1, 0.15) is 29.9 Å². The first-order valence-corrected chi connectivity index (χ1v) is 16.7. The lowest BCUT2D eigenvalue weighted by atomic mass is 9.96. The average molecular weight is 661 g/mol. The summed E-state index contributed by atoms with van der Waals surface area (Å²) < 4.78 is 37.6. The molecule has 2 saturated heterocycles. The summed E-state index contributed by atoms with van der Waals surface area (Å²) in [5.41, 5.74) is 4.28. The summed E-state index contributed by atoms with van der Waals surface area (Å²) in [4.78, 5) is 51.9. The van der Waals surface area contributed by atoms with Gasteiger partial charge in [-0.2, -0.15) is 9.97 Å². The SMILES string of the molecule is COc1nc(N)nc2c1ncn2[C@@H]1OC(COP(=O)(NC(C)C(=O)OC(C)C)SCC2C(=O)N(C)C(=O)N2C)[C@@H](O)[C@@]1(C)O. The highest BCUT2D eigenvalue weighted by molar-refractivity contribution is 8.56. The first-order valence-electron chi connectivity index (χ1n) is 13.5. The summed E-state index contributed by atoms with van der Waals surface area (Å²) in [7, 11) is 4.16. The predicted octanol–water partition coefficient (Wildman–Crippen LogP) is 0.106. The number of anilines is 1. The molecule has 20 heteroatoms. The van der Waals surface area contributed by atoms with E-state index >= 15 is 0 Å². The average Bonchev–Trinajstić information content (AvgIpc) is 3.52. The van der Waals surface area contributed by atoms with Gasteiger partial charge >= 0.3 is 18.7 Å². The number of imidazole rings is 1. The second-order valence-corrected chi connectivity index (χ2v) is 15.2. The lowest BCUT2D eigenvalue weighted by molar-refractivity contribution is -0.149. The van der Waals surface area contributed by atoms with Crippen LogP contribution >= 0.6 is 18.1 Å². The van der Waals surface area contributed by atoms with Crippen LogP contribution in [0.2, 0.25) is 0 Å². The van der Waals surface area contributed by atoms with Crippen molar-refractivity contribution in [1.29, 1.82) is 0 Å². The maximum Gasteiger partial charge on any atom is 0.327 e. The van der Waals surface area contributed by atoms with Crippen LogP contribution in [0.4, 0.5) is 10.7 Å². The number of likely N-dealkylation sites (N-methyl/N-ethyl adjacent to an activating group) is 2. The number of urea groups is 1. The molecule has 4 rings (SSSR count). The van der Waals surface area contributed by atoms with E-state index in [0.717, 1.165) is 4.90 Å². The third-order valence-corrected chi connectivity index (χ3v) is 11.2. The summed E-state index contributed by atoms with van der Waals surface area (Å²) in [6, 6.07) is -2.56. The largest absolute Gasteiger partial charge is 0.479 e. The van der Waals surface area contributed by atoms with Gasteiger partial charge in [-0.25, -0.2) is 14.9 Å². The molecule has 2 aromatic heterocycles. The van der Waals surface area contributed by atoms with E-state index in [9.17, 15) is 29.2 Å². The van der Waals surface area contributed by atoms with Crippen LogP contribution in [-0.4, -0.2) is 127 Å². The third kappa shape index (κ3) is 6.49. The van der Waals surface area contributed by atoms with Crippen molar-refractivity contribution in [1.82, 2.24) is 34.4 Å². The van der Waals surface area contributed by atoms with Crippen molar-refractivity contribution >= 4 is 53.1 Å². The van der Waals surface area contributed by atoms with Crippen LogP contribution in [0.1, 0.15) is 33.9 Å². The Kier molecular flexibility index (Phi) is 9.80. The Morgan fingerprint density at radius 2 is 1.98 bits per heavy atom. The first kappa shape index (κ1) is 33.8. The molecule has 2 aliphatic heterocycles. The van der Waals surface area contributed by atoms with Gasteiger partial charge in [0, 0.05) is 19.8 Å². The maximum absolute atomic E-state index is 14.1. The molecule has 0 aliphatic carbocycles. The molecule has 0 bridgehead atoms. The number of amides is 3. The van der Waals surface area contributed by atoms with Crippen molar-refractivity contribution < 1.29 is 47.9 Å². The number of carbonyl (C=O) groups is 3. The topological polar surface area (TPSA) is 234 Å². The monoisotopic (exact) mass is 660 g/mol. The fraction of sp³-hybridized carbons (Fsp3) is 0.667. The molecular weight excluding hydrogens is 623 g/mol. The summed E-state index contributed by atoms with van der Waals surface area (Å²) >= 11 is 0.701. The Hall–Kier alpha value is -3.06. The smallest absolute Gasteiger partial charge is 0.327 e. The van der Waals surface area contributed by atoms with E-state index < -0.39 is 73.5 Å². The van der Waals surface area contributed by atoms with E-state index in [4.69, 9.17) is 24.5 Å². The summed E-state index contributed by atoms with van der Waals surface area (Å²) in [6.07, 6.45) is -3.16. The van der Waals surface area contributed by atoms with Gasteiger partial charge in [0.15, 0.2) is 17.4 Å². The molecule has 5 N–H and O–H groups in total. The van der Waals surface area contributed by atoms with Crippen LogP contribution in [-0.2, 0) is 28.2 Å². The van der Waals surface area contributed by atoms with Crippen molar-refractivity contribution in [3.05, 3.63) is 6.33 Å². The van der Waals surface area contributed by atoms with E-state index in [1.807, 2.05) is 0 Å². The van der Waals surface area contributed by atoms with Crippen molar-refractivity contribution in [2.24, 2.45) is 0 Å². The number of aromatic nitrogens is 4. The molecule has 0 saturated carbocycles. The Balaban J connectivity index is 1.55. The molecule has 244 valence electrons. The van der Waals surface area contributed by atoms with Crippen LogP contribution in [0.25, 0.3) is 11.2 Å². The molecule has 0 spiro atoms. The zero-order chi connectivity index (χ0) is 32.7. The van der Waals surface area contributed by atoms with Gasteiger partial charge in [0.25, 0.3) is 5.91 Å². The molecule has 2 aliphatic rings.